The lowest BCUT2D eigenvalue weighted by atomic mass is 10.1. The molecule has 0 saturated carbocycles. The Hall–Kier alpha value is -2.59. The van der Waals surface area contributed by atoms with Gasteiger partial charge in [0.05, 0.1) is 17.3 Å². The maximum absolute atomic E-state index is 6.00. The van der Waals surface area contributed by atoms with Gasteiger partial charge in [-0.3, -0.25) is 0 Å². The van der Waals surface area contributed by atoms with Crippen LogP contribution in [0.3, 0.4) is 0 Å². The van der Waals surface area contributed by atoms with Crippen LogP contribution >= 0.6 is 0 Å². The molecule has 1 aromatic heterocycles. The van der Waals surface area contributed by atoms with Gasteiger partial charge < -0.3 is 14.8 Å². The van der Waals surface area contributed by atoms with Crippen LogP contribution in [0.15, 0.2) is 54.6 Å². The summed E-state index contributed by atoms with van der Waals surface area (Å²) < 4.78 is 11.6. The van der Waals surface area contributed by atoms with Crippen LogP contribution in [0.5, 0.6) is 5.75 Å². The molecule has 1 N–H and O–H groups in total. The molecule has 4 nitrogen and oxygen atoms in total. The molecule has 2 heterocycles. The van der Waals surface area contributed by atoms with Gasteiger partial charge in [-0.05, 0) is 49.6 Å². The van der Waals surface area contributed by atoms with E-state index in [-0.39, 0.29) is 6.10 Å². The Balaban J connectivity index is 1.56. The van der Waals surface area contributed by atoms with Crippen molar-refractivity contribution in [2.24, 2.45) is 0 Å². The number of hydrogen-bond acceptors (Lipinski definition) is 4. The molecule has 1 atom stereocenters. The zero-order chi connectivity index (χ0) is 17.1. The van der Waals surface area contributed by atoms with E-state index in [1.165, 1.54) is 10.9 Å². The molecule has 0 radical (unpaired) electrons. The van der Waals surface area contributed by atoms with E-state index in [4.69, 9.17) is 14.5 Å². The second-order valence-electron chi connectivity index (χ2n) is 6.41. The van der Waals surface area contributed by atoms with Gasteiger partial charge in [-0.1, -0.05) is 30.3 Å². The van der Waals surface area contributed by atoms with E-state index in [1.807, 2.05) is 42.5 Å². The monoisotopic (exact) mass is 334 g/mol. The number of benzene rings is 2. The van der Waals surface area contributed by atoms with Crippen molar-refractivity contribution in [2.45, 2.75) is 25.9 Å². The third-order valence-electron chi connectivity index (χ3n) is 4.52. The van der Waals surface area contributed by atoms with Crippen LogP contribution in [0, 0.1) is 6.92 Å². The molecule has 1 saturated heterocycles. The summed E-state index contributed by atoms with van der Waals surface area (Å²) in [5.41, 5.74) is 3.11. The van der Waals surface area contributed by atoms with Crippen LogP contribution in [0.1, 0.15) is 18.4 Å². The van der Waals surface area contributed by atoms with Crippen molar-refractivity contribution in [1.29, 1.82) is 0 Å². The normalized spacial score (nSPS) is 16.9. The van der Waals surface area contributed by atoms with E-state index in [0.29, 0.717) is 6.61 Å². The van der Waals surface area contributed by atoms with Crippen LogP contribution in [0.2, 0.25) is 0 Å². The number of nitrogens with zero attached hydrogens (tertiary/aromatic N) is 1. The molecule has 128 valence electrons. The summed E-state index contributed by atoms with van der Waals surface area (Å²) in [5, 5.41) is 4.58. The number of hydrogen-bond donors (Lipinski definition) is 1. The molecule has 2 aromatic carbocycles. The van der Waals surface area contributed by atoms with E-state index in [9.17, 15) is 0 Å². The molecule has 25 heavy (non-hydrogen) atoms. The highest BCUT2D eigenvalue weighted by Crippen LogP contribution is 2.29. The van der Waals surface area contributed by atoms with E-state index in [0.717, 1.165) is 42.2 Å². The van der Waals surface area contributed by atoms with Gasteiger partial charge in [-0.15, -0.1) is 0 Å². The molecule has 4 rings (SSSR count). The molecule has 0 amide bonds. The van der Waals surface area contributed by atoms with Crippen molar-refractivity contribution >= 4 is 22.4 Å². The van der Waals surface area contributed by atoms with Gasteiger partial charge in [0.2, 0.25) is 0 Å². The van der Waals surface area contributed by atoms with Crippen molar-refractivity contribution in [3.63, 3.8) is 0 Å². The third-order valence-corrected chi connectivity index (χ3v) is 4.52. The molecule has 1 aliphatic rings. The molecular weight excluding hydrogens is 312 g/mol. The third kappa shape index (κ3) is 3.59. The smallest absolute Gasteiger partial charge is 0.142 e. The van der Waals surface area contributed by atoms with E-state index in [2.05, 4.69) is 24.4 Å². The number of aromatic nitrogens is 1. The number of ether oxygens (including phenoxy) is 2. The zero-order valence-electron chi connectivity index (χ0n) is 14.4. The van der Waals surface area contributed by atoms with Crippen molar-refractivity contribution in [2.75, 3.05) is 18.5 Å². The molecule has 4 heteroatoms. The van der Waals surface area contributed by atoms with Crippen LogP contribution in [0.4, 0.5) is 11.5 Å². The largest absolute Gasteiger partial charge is 0.489 e. The van der Waals surface area contributed by atoms with Crippen LogP contribution < -0.4 is 10.1 Å². The van der Waals surface area contributed by atoms with E-state index < -0.39 is 0 Å². The SMILES string of the molecule is Cc1cc(Nc2ccccc2OCC2CCCO2)nc2ccccc12. The zero-order valence-corrected chi connectivity index (χ0v) is 14.4. The number of fused-ring (bicyclic) bond motifs is 1. The number of para-hydroxylation sites is 3. The first-order chi connectivity index (χ1) is 12.3. The molecular formula is C21H22N2O2. The van der Waals surface area contributed by atoms with Gasteiger partial charge in [-0.2, -0.15) is 0 Å². The van der Waals surface area contributed by atoms with Crippen LogP contribution in [-0.2, 0) is 4.74 Å². The minimum absolute atomic E-state index is 0.203. The lowest BCUT2D eigenvalue weighted by molar-refractivity contribution is 0.0682. The second kappa shape index (κ2) is 7.11. The summed E-state index contributed by atoms with van der Waals surface area (Å²) >= 11 is 0. The maximum atomic E-state index is 6.00. The van der Waals surface area contributed by atoms with Gasteiger partial charge in [0.25, 0.3) is 0 Å². The van der Waals surface area contributed by atoms with Gasteiger partial charge >= 0.3 is 0 Å². The van der Waals surface area contributed by atoms with Crippen molar-refractivity contribution < 1.29 is 9.47 Å². The molecule has 1 fully saturated rings. The fourth-order valence-corrected chi connectivity index (χ4v) is 3.21. The van der Waals surface area contributed by atoms with Crippen molar-refractivity contribution in [3.05, 3.63) is 60.2 Å². The average molecular weight is 334 g/mol. The van der Waals surface area contributed by atoms with Crippen LogP contribution in [0.25, 0.3) is 10.9 Å². The van der Waals surface area contributed by atoms with Crippen LogP contribution in [-0.4, -0.2) is 24.3 Å². The summed E-state index contributed by atoms with van der Waals surface area (Å²) in [7, 11) is 0. The Bertz CT molecular complexity index is 873. The van der Waals surface area contributed by atoms with Gasteiger partial charge in [-0.25, -0.2) is 4.98 Å². The van der Waals surface area contributed by atoms with Gasteiger partial charge in [0.1, 0.15) is 18.2 Å². The molecule has 0 spiro atoms. The quantitative estimate of drug-likeness (QED) is 0.725. The number of rotatable bonds is 5. The van der Waals surface area contributed by atoms with Gasteiger partial charge in [0.15, 0.2) is 0 Å². The number of pyridine rings is 1. The summed E-state index contributed by atoms with van der Waals surface area (Å²) in [4.78, 5) is 4.72. The Morgan fingerprint density at radius 1 is 1.16 bits per heavy atom. The van der Waals surface area contributed by atoms with E-state index >= 15 is 0 Å². The molecule has 0 aliphatic carbocycles. The molecule has 0 bridgehead atoms. The Morgan fingerprint density at radius 3 is 2.88 bits per heavy atom. The minimum Gasteiger partial charge on any atom is -0.489 e. The summed E-state index contributed by atoms with van der Waals surface area (Å²) in [6.07, 6.45) is 2.39. The fourth-order valence-electron chi connectivity index (χ4n) is 3.21. The standard InChI is InChI=1S/C21H22N2O2/c1-15-13-21(22-18-9-3-2-8-17(15)18)23-19-10-4-5-11-20(19)25-14-16-7-6-12-24-16/h2-5,8-11,13,16H,6-7,12,14H2,1H3,(H,22,23). The Labute approximate surface area is 147 Å². The Kier molecular flexibility index (Phi) is 4.53. The summed E-state index contributed by atoms with van der Waals surface area (Å²) in [5.74, 6) is 1.65. The highest BCUT2D eigenvalue weighted by molar-refractivity contribution is 5.84. The lowest BCUT2D eigenvalue weighted by Crippen LogP contribution is -2.16. The topological polar surface area (TPSA) is 43.4 Å². The predicted octanol–water partition coefficient (Wildman–Crippen LogP) is 4.84. The lowest BCUT2D eigenvalue weighted by Gasteiger charge is -2.16. The summed E-state index contributed by atoms with van der Waals surface area (Å²) in [6, 6.07) is 18.2. The first-order valence-electron chi connectivity index (χ1n) is 8.76. The Morgan fingerprint density at radius 2 is 2.00 bits per heavy atom. The number of nitrogens with one attached hydrogen (secondary N) is 1. The predicted molar refractivity (Wildman–Crippen MR) is 101 cm³/mol. The average Bonchev–Trinajstić information content (AvgIpc) is 3.15. The molecule has 1 unspecified atom stereocenters. The molecule has 1 aliphatic heterocycles. The van der Waals surface area contributed by atoms with Crippen molar-refractivity contribution in [3.8, 4) is 5.75 Å². The fraction of sp³-hybridized carbons (Fsp3) is 0.286. The maximum Gasteiger partial charge on any atom is 0.142 e. The first-order valence-corrected chi connectivity index (χ1v) is 8.76. The highest BCUT2D eigenvalue weighted by Gasteiger charge is 2.17. The first kappa shape index (κ1) is 15.9. The minimum atomic E-state index is 0.203. The van der Waals surface area contributed by atoms with E-state index in [1.54, 1.807) is 0 Å². The highest BCUT2D eigenvalue weighted by atomic mass is 16.5. The number of anilines is 2. The second-order valence-corrected chi connectivity index (χ2v) is 6.41. The van der Waals surface area contributed by atoms with Gasteiger partial charge in [0, 0.05) is 12.0 Å². The number of aryl methyl sites for hydroxylation is 1. The summed E-state index contributed by atoms with van der Waals surface area (Å²) in [6.45, 7) is 3.53. The van der Waals surface area contributed by atoms with Crippen molar-refractivity contribution in [1.82, 2.24) is 4.98 Å². The molecule has 3 aromatic rings.